The Labute approximate surface area is 156 Å². The highest BCUT2D eigenvalue weighted by Gasteiger charge is 2.22. The van der Waals surface area contributed by atoms with Gasteiger partial charge in [-0.15, -0.1) is 0 Å². The van der Waals surface area contributed by atoms with Crippen LogP contribution >= 0.6 is 0 Å². The second kappa shape index (κ2) is 8.75. The molecule has 0 atom stereocenters. The van der Waals surface area contributed by atoms with Crippen molar-refractivity contribution in [3.05, 3.63) is 60.2 Å². The van der Waals surface area contributed by atoms with Crippen LogP contribution in [0.2, 0.25) is 0 Å². The highest BCUT2D eigenvalue weighted by Crippen LogP contribution is 2.28. The van der Waals surface area contributed by atoms with Crippen molar-refractivity contribution in [2.24, 2.45) is 0 Å². The number of nitrogens with zero attached hydrogens (tertiary/aromatic N) is 2. The van der Waals surface area contributed by atoms with Gasteiger partial charge in [0, 0.05) is 31.9 Å². The van der Waals surface area contributed by atoms with E-state index in [4.69, 9.17) is 4.74 Å². The number of carbonyl (C=O) groups excluding carboxylic acids is 1. The molecule has 138 valence electrons. The van der Waals surface area contributed by atoms with Crippen molar-refractivity contribution >= 4 is 11.6 Å². The lowest BCUT2D eigenvalue weighted by Crippen LogP contribution is -2.49. The summed E-state index contributed by atoms with van der Waals surface area (Å²) in [5.41, 5.74) is 2.69. The molecular formula is C22H28N2O2. The van der Waals surface area contributed by atoms with Gasteiger partial charge in [-0.3, -0.25) is 4.79 Å². The summed E-state index contributed by atoms with van der Waals surface area (Å²) in [4.78, 5) is 16.8. The molecule has 0 N–H and O–H groups in total. The summed E-state index contributed by atoms with van der Waals surface area (Å²) < 4.78 is 5.64. The van der Waals surface area contributed by atoms with Crippen LogP contribution in [-0.2, 0) is 4.79 Å². The van der Waals surface area contributed by atoms with Gasteiger partial charge in [0.2, 0.25) is 5.91 Å². The third kappa shape index (κ3) is 4.57. The van der Waals surface area contributed by atoms with Crippen LogP contribution in [0.4, 0.5) is 5.69 Å². The van der Waals surface area contributed by atoms with Gasteiger partial charge in [0.15, 0.2) is 0 Å². The van der Waals surface area contributed by atoms with Gasteiger partial charge in [0.1, 0.15) is 5.75 Å². The van der Waals surface area contributed by atoms with Gasteiger partial charge < -0.3 is 14.5 Å². The summed E-state index contributed by atoms with van der Waals surface area (Å²) in [6.45, 7) is 8.20. The highest BCUT2D eigenvalue weighted by molar-refractivity contribution is 5.76. The van der Waals surface area contributed by atoms with Crippen molar-refractivity contribution in [3.63, 3.8) is 0 Å². The molecule has 1 amide bonds. The minimum absolute atomic E-state index is 0.178. The van der Waals surface area contributed by atoms with Gasteiger partial charge >= 0.3 is 0 Å². The maximum atomic E-state index is 12.4. The van der Waals surface area contributed by atoms with E-state index in [-0.39, 0.29) is 5.91 Å². The highest BCUT2D eigenvalue weighted by atomic mass is 16.5. The molecule has 1 fully saturated rings. The lowest BCUT2D eigenvalue weighted by atomic mass is 10.00. The summed E-state index contributed by atoms with van der Waals surface area (Å²) in [5.74, 6) is 1.49. The third-order valence-corrected chi connectivity index (χ3v) is 4.86. The van der Waals surface area contributed by atoms with Crippen LogP contribution in [0.1, 0.15) is 31.7 Å². The zero-order valence-electron chi connectivity index (χ0n) is 15.7. The van der Waals surface area contributed by atoms with Crippen LogP contribution in [0.15, 0.2) is 54.6 Å². The van der Waals surface area contributed by atoms with Crippen molar-refractivity contribution in [2.45, 2.75) is 26.2 Å². The minimum Gasteiger partial charge on any atom is -0.493 e. The second-order valence-corrected chi connectivity index (χ2v) is 6.99. The van der Waals surface area contributed by atoms with Gasteiger partial charge in [-0.05, 0) is 29.7 Å². The van der Waals surface area contributed by atoms with Crippen LogP contribution in [0.25, 0.3) is 0 Å². The fourth-order valence-electron chi connectivity index (χ4n) is 3.39. The van der Waals surface area contributed by atoms with E-state index >= 15 is 0 Å². The standard InChI is InChI=1S/C22H28N2O2/c1-18(2)20-10-6-7-11-21(20)23-13-15-24(16-14-23)22(25)12-17-26-19-8-4-3-5-9-19/h3-11,18H,12-17H2,1-2H3. The first kappa shape index (κ1) is 18.3. The number of piperazine rings is 1. The van der Waals surface area contributed by atoms with Crippen molar-refractivity contribution in [2.75, 3.05) is 37.7 Å². The van der Waals surface area contributed by atoms with Crippen molar-refractivity contribution in [1.82, 2.24) is 4.90 Å². The molecule has 0 saturated carbocycles. The van der Waals surface area contributed by atoms with E-state index in [1.54, 1.807) is 0 Å². The lowest BCUT2D eigenvalue weighted by Gasteiger charge is -2.37. The van der Waals surface area contributed by atoms with E-state index in [9.17, 15) is 4.79 Å². The molecule has 0 bridgehead atoms. The Morgan fingerprint density at radius 2 is 1.62 bits per heavy atom. The summed E-state index contributed by atoms with van der Waals surface area (Å²) in [5, 5.41) is 0. The van der Waals surface area contributed by atoms with Crippen molar-refractivity contribution in [1.29, 1.82) is 0 Å². The molecule has 4 heteroatoms. The predicted molar refractivity (Wildman–Crippen MR) is 106 cm³/mol. The number of carbonyl (C=O) groups is 1. The number of anilines is 1. The second-order valence-electron chi connectivity index (χ2n) is 6.99. The molecule has 0 aromatic heterocycles. The first-order chi connectivity index (χ1) is 12.6. The molecule has 1 saturated heterocycles. The molecule has 3 rings (SSSR count). The molecule has 0 spiro atoms. The molecule has 1 aliphatic heterocycles. The quantitative estimate of drug-likeness (QED) is 0.790. The third-order valence-electron chi connectivity index (χ3n) is 4.86. The molecule has 2 aromatic carbocycles. The van der Waals surface area contributed by atoms with E-state index in [0.717, 1.165) is 31.9 Å². The first-order valence-electron chi connectivity index (χ1n) is 9.44. The monoisotopic (exact) mass is 352 g/mol. The fraction of sp³-hybridized carbons (Fsp3) is 0.409. The SMILES string of the molecule is CC(C)c1ccccc1N1CCN(C(=O)CCOc2ccccc2)CC1. The van der Waals surface area contributed by atoms with E-state index in [1.807, 2.05) is 35.2 Å². The number of hydrogen-bond acceptors (Lipinski definition) is 3. The Hall–Kier alpha value is -2.49. The smallest absolute Gasteiger partial charge is 0.226 e. The summed E-state index contributed by atoms with van der Waals surface area (Å²) >= 11 is 0. The van der Waals surface area contributed by atoms with Crippen LogP contribution in [0.5, 0.6) is 5.75 Å². The minimum atomic E-state index is 0.178. The maximum Gasteiger partial charge on any atom is 0.226 e. The van der Waals surface area contributed by atoms with Crippen LogP contribution < -0.4 is 9.64 Å². The first-order valence-corrected chi connectivity index (χ1v) is 9.44. The number of amides is 1. The Kier molecular flexibility index (Phi) is 6.16. The average molecular weight is 352 g/mol. The predicted octanol–water partition coefficient (Wildman–Crippen LogP) is 3.93. The number of hydrogen-bond donors (Lipinski definition) is 0. The molecule has 2 aromatic rings. The molecule has 1 heterocycles. The summed E-state index contributed by atoms with van der Waals surface area (Å²) in [7, 11) is 0. The fourth-order valence-corrected chi connectivity index (χ4v) is 3.39. The number of rotatable bonds is 6. The number of ether oxygens (including phenoxy) is 1. The lowest BCUT2D eigenvalue weighted by molar-refractivity contribution is -0.132. The number of benzene rings is 2. The molecule has 0 aliphatic carbocycles. The Balaban J connectivity index is 1.48. The van der Waals surface area contributed by atoms with Crippen LogP contribution in [0, 0.1) is 0 Å². The van der Waals surface area contributed by atoms with Gasteiger partial charge in [-0.25, -0.2) is 0 Å². The van der Waals surface area contributed by atoms with Gasteiger partial charge in [-0.1, -0.05) is 50.2 Å². The van der Waals surface area contributed by atoms with E-state index in [2.05, 4.69) is 43.0 Å². The molecular weight excluding hydrogens is 324 g/mol. The Bertz CT molecular complexity index is 707. The van der Waals surface area contributed by atoms with E-state index < -0.39 is 0 Å². The van der Waals surface area contributed by atoms with Crippen LogP contribution in [0.3, 0.4) is 0 Å². The van der Waals surface area contributed by atoms with Crippen molar-refractivity contribution < 1.29 is 9.53 Å². The number of para-hydroxylation sites is 2. The van der Waals surface area contributed by atoms with Crippen molar-refractivity contribution in [3.8, 4) is 5.75 Å². The van der Waals surface area contributed by atoms with E-state index in [0.29, 0.717) is 18.9 Å². The Morgan fingerprint density at radius 1 is 0.962 bits per heavy atom. The van der Waals surface area contributed by atoms with Gasteiger partial charge in [0.05, 0.1) is 13.0 Å². The molecule has 26 heavy (non-hydrogen) atoms. The van der Waals surface area contributed by atoms with Crippen LogP contribution in [-0.4, -0.2) is 43.6 Å². The average Bonchev–Trinajstić information content (AvgIpc) is 2.69. The zero-order chi connectivity index (χ0) is 18.4. The Morgan fingerprint density at radius 3 is 2.31 bits per heavy atom. The summed E-state index contributed by atoms with van der Waals surface area (Å²) in [6, 6.07) is 18.3. The van der Waals surface area contributed by atoms with Gasteiger partial charge in [-0.2, -0.15) is 0 Å². The van der Waals surface area contributed by atoms with Gasteiger partial charge in [0.25, 0.3) is 0 Å². The van der Waals surface area contributed by atoms with E-state index in [1.165, 1.54) is 11.3 Å². The normalized spacial score (nSPS) is 14.6. The largest absolute Gasteiger partial charge is 0.493 e. The molecule has 4 nitrogen and oxygen atoms in total. The maximum absolute atomic E-state index is 12.4. The molecule has 0 unspecified atom stereocenters. The summed E-state index contributed by atoms with van der Waals surface area (Å²) in [6.07, 6.45) is 0.428. The topological polar surface area (TPSA) is 32.8 Å². The molecule has 0 radical (unpaired) electrons. The zero-order valence-corrected chi connectivity index (χ0v) is 15.7. The molecule has 1 aliphatic rings.